The van der Waals surface area contributed by atoms with Gasteiger partial charge in [0, 0.05) is 24.7 Å². The number of hydrogen-bond donors (Lipinski definition) is 0. The van der Waals surface area contributed by atoms with Gasteiger partial charge in [0.05, 0.1) is 29.6 Å². The highest BCUT2D eigenvalue weighted by Gasteiger charge is 2.59. The maximum absolute atomic E-state index is 15.2. The molecule has 5 heterocycles. The molecule has 0 radical (unpaired) electrons. The van der Waals surface area contributed by atoms with E-state index in [1.165, 1.54) is 0 Å². The normalized spacial score (nSPS) is 25.8. The van der Waals surface area contributed by atoms with Gasteiger partial charge in [0.15, 0.2) is 11.0 Å². The zero-order valence-electron chi connectivity index (χ0n) is 20.4. The van der Waals surface area contributed by atoms with Crippen molar-refractivity contribution in [3.05, 3.63) is 22.2 Å². The zero-order valence-corrected chi connectivity index (χ0v) is 21.1. The Morgan fingerprint density at radius 1 is 1.26 bits per heavy atom. The molecule has 2 bridgehead atoms. The number of fused-ring (bicyclic) bond motifs is 5. The van der Waals surface area contributed by atoms with Gasteiger partial charge in [-0.25, -0.2) is 14.2 Å². The van der Waals surface area contributed by atoms with Crippen LogP contribution in [0, 0.1) is 19.7 Å². The lowest BCUT2D eigenvalue weighted by Gasteiger charge is -2.52. The molecule has 2 saturated heterocycles. The SMILES string of the molecule is COC[C@@]12CC[C@@H]([C@H]3COc4nc(Cl)c(F)c5c(C)c(C)nc(c45)N3C1)N2C(=O)OC(C)(C)C. The molecule has 10 heteroatoms. The van der Waals surface area contributed by atoms with Crippen molar-refractivity contribution < 1.29 is 23.4 Å². The van der Waals surface area contributed by atoms with Crippen molar-refractivity contribution in [2.75, 3.05) is 31.8 Å². The number of rotatable bonds is 2. The monoisotopic (exact) mass is 492 g/mol. The lowest BCUT2D eigenvalue weighted by atomic mass is 9.94. The highest BCUT2D eigenvalue weighted by molar-refractivity contribution is 6.30. The minimum absolute atomic E-state index is 0.188. The largest absolute Gasteiger partial charge is 0.475 e. The van der Waals surface area contributed by atoms with Crippen molar-refractivity contribution in [1.29, 1.82) is 0 Å². The van der Waals surface area contributed by atoms with Gasteiger partial charge in [-0.2, -0.15) is 4.98 Å². The van der Waals surface area contributed by atoms with Crippen LogP contribution in [-0.2, 0) is 9.47 Å². The third kappa shape index (κ3) is 3.39. The first-order valence-corrected chi connectivity index (χ1v) is 11.9. The Bertz CT molecular complexity index is 1180. The minimum atomic E-state index is -0.627. The molecule has 8 nitrogen and oxygen atoms in total. The third-order valence-corrected chi connectivity index (χ3v) is 7.45. The second-order valence-corrected chi connectivity index (χ2v) is 10.9. The van der Waals surface area contributed by atoms with Crippen LogP contribution in [-0.4, -0.2) is 71.1 Å². The number of methoxy groups -OCH3 is 1. The Morgan fingerprint density at radius 2 is 2.00 bits per heavy atom. The van der Waals surface area contributed by atoms with Gasteiger partial charge in [-0.15, -0.1) is 0 Å². The first-order valence-electron chi connectivity index (χ1n) is 11.5. The highest BCUT2D eigenvalue weighted by Crippen LogP contribution is 2.48. The molecule has 0 spiro atoms. The number of pyridine rings is 2. The molecule has 0 saturated carbocycles. The molecular formula is C24H30ClFN4O4. The predicted molar refractivity (Wildman–Crippen MR) is 126 cm³/mol. The molecule has 0 unspecified atom stereocenters. The number of hydrogen-bond acceptors (Lipinski definition) is 7. The van der Waals surface area contributed by atoms with Gasteiger partial charge in [0.2, 0.25) is 5.88 Å². The zero-order chi connectivity index (χ0) is 24.6. The van der Waals surface area contributed by atoms with Crippen molar-refractivity contribution in [2.24, 2.45) is 0 Å². The van der Waals surface area contributed by atoms with E-state index in [1.54, 1.807) is 7.11 Å². The Labute approximate surface area is 203 Å². The fourth-order valence-electron chi connectivity index (χ4n) is 5.74. The van der Waals surface area contributed by atoms with Crippen molar-refractivity contribution in [3.8, 4) is 5.88 Å². The molecule has 0 aromatic carbocycles. The van der Waals surface area contributed by atoms with Gasteiger partial charge >= 0.3 is 6.09 Å². The molecule has 5 rings (SSSR count). The fraction of sp³-hybridized carbons (Fsp3) is 0.625. The lowest BCUT2D eigenvalue weighted by molar-refractivity contribution is -0.0353. The van der Waals surface area contributed by atoms with Crippen LogP contribution in [0.5, 0.6) is 5.88 Å². The number of aromatic nitrogens is 2. The summed E-state index contributed by atoms with van der Waals surface area (Å²) in [5.74, 6) is 0.297. The molecule has 2 aromatic rings. The molecule has 3 aliphatic rings. The van der Waals surface area contributed by atoms with Crippen LogP contribution in [0.2, 0.25) is 5.15 Å². The number of aryl methyl sites for hydroxylation is 2. The number of ether oxygens (including phenoxy) is 3. The number of carbonyl (C=O) groups excluding carboxylic acids is 1. The molecule has 0 N–H and O–H groups in total. The number of anilines is 1. The van der Waals surface area contributed by atoms with Gasteiger partial charge in [-0.3, -0.25) is 4.90 Å². The lowest BCUT2D eigenvalue weighted by Crippen LogP contribution is -2.70. The van der Waals surface area contributed by atoms with E-state index < -0.39 is 17.0 Å². The fourth-order valence-corrected chi connectivity index (χ4v) is 5.91. The van der Waals surface area contributed by atoms with E-state index >= 15 is 4.39 Å². The second-order valence-electron chi connectivity index (χ2n) is 10.5. The average molecular weight is 493 g/mol. The van der Waals surface area contributed by atoms with E-state index in [9.17, 15) is 4.79 Å². The quantitative estimate of drug-likeness (QED) is 0.575. The van der Waals surface area contributed by atoms with Crippen LogP contribution in [0.3, 0.4) is 0 Å². The van der Waals surface area contributed by atoms with Crippen LogP contribution in [0.1, 0.15) is 44.9 Å². The Morgan fingerprint density at radius 3 is 2.68 bits per heavy atom. The first kappa shape index (κ1) is 23.4. The molecule has 2 aromatic heterocycles. The third-order valence-electron chi connectivity index (χ3n) is 7.20. The van der Waals surface area contributed by atoms with Crippen molar-refractivity contribution in [1.82, 2.24) is 14.9 Å². The second kappa shape index (κ2) is 7.81. The van der Waals surface area contributed by atoms with Crippen molar-refractivity contribution in [3.63, 3.8) is 0 Å². The van der Waals surface area contributed by atoms with E-state index in [1.807, 2.05) is 39.5 Å². The summed E-state index contributed by atoms with van der Waals surface area (Å²) >= 11 is 6.15. The number of carbonyl (C=O) groups is 1. The Balaban J connectivity index is 1.68. The molecule has 34 heavy (non-hydrogen) atoms. The van der Waals surface area contributed by atoms with Gasteiger partial charge < -0.3 is 19.1 Å². The van der Waals surface area contributed by atoms with Gasteiger partial charge in [-0.1, -0.05) is 11.6 Å². The highest BCUT2D eigenvalue weighted by atomic mass is 35.5. The van der Waals surface area contributed by atoms with E-state index in [4.69, 9.17) is 30.8 Å². The van der Waals surface area contributed by atoms with E-state index in [-0.39, 0.29) is 35.8 Å². The summed E-state index contributed by atoms with van der Waals surface area (Å²) < 4.78 is 32.8. The minimum Gasteiger partial charge on any atom is -0.475 e. The summed E-state index contributed by atoms with van der Waals surface area (Å²) in [5, 5.41) is 0.667. The van der Waals surface area contributed by atoms with Crippen LogP contribution >= 0.6 is 11.6 Å². The summed E-state index contributed by atoms with van der Waals surface area (Å²) in [4.78, 5) is 26.5. The summed E-state index contributed by atoms with van der Waals surface area (Å²) in [6.07, 6.45) is 1.16. The standard InChI is InChI=1S/C24H30ClFN4O4/c1-12-13(2)27-20-17-16(12)18(26)19(25)28-21(17)33-9-15-14-7-8-24(11-32-6,10-29(15)20)30(14)22(31)34-23(3,4)5/h14-15H,7-11H2,1-6H3/t14-,15+,24+/m0/s1. The van der Waals surface area contributed by atoms with Crippen LogP contribution in [0.25, 0.3) is 10.8 Å². The smallest absolute Gasteiger partial charge is 0.411 e. The van der Waals surface area contributed by atoms with Crippen LogP contribution < -0.4 is 9.64 Å². The molecule has 1 amide bonds. The van der Waals surface area contributed by atoms with Gasteiger partial charge in [0.25, 0.3) is 0 Å². The van der Waals surface area contributed by atoms with E-state index in [2.05, 4.69) is 9.88 Å². The van der Waals surface area contributed by atoms with Gasteiger partial charge in [0.1, 0.15) is 18.0 Å². The molecule has 2 fully saturated rings. The number of halogens is 2. The Kier molecular flexibility index (Phi) is 5.37. The van der Waals surface area contributed by atoms with E-state index in [0.29, 0.717) is 41.0 Å². The van der Waals surface area contributed by atoms with Crippen LogP contribution in [0.4, 0.5) is 15.0 Å². The van der Waals surface area contributed by atoms with E-state index in [0.717, 1.165) is 12.8 Å². The van der Waals surface area contributed by atoms with Crippen molar-refractivity contribution in [2.45, 2.75) is 70.7 Å². The Hall–Kier alpha value is -2.39. The molecule has 3 aliphatic heterocycles. The summed E-state index contributed by atoms with van der Waals surface area (Å²) in [6, 6.07) is -0.402. The van der Waals surface area contributed by atoms with Crippen molar-refractivity contribution >= 4 is 34.3 Å². The number of nitrogens with zero attached hydrogens (tertiary/aromatic N) is 4. The van der Waals surface area contributed by atoms with Gasteiger partial charge in [-0.05, 0) is 53.0 Å². The molecular weight excluding hydrogens is 463 g/mol. The number of amides is 1. The topological polar surface area (TPSA) is 77.0 Å². The molecule has 3 atom stereocenters. The molecule has 0 aliphatic carbocycles. The summed E-state index contributed by atoms with van der Waals surface area (Å²) in [6.45, 7) is 10.3. The molecule has 184 valence electrons. The summed E-state index contributed by atoms with van der Waals surface area (Å²) in [5.41, 5.74) is 0.176. The number of piperazine rings is 1. The maximum atomic E-state index is 15.2. The predicted octanol–water partition coefficient (Wildman–Crippen LogP) is 4.40. The summed E-state index contributed by atoms with van der Waals surface area (Å²) in [7, 11) is 1.63. The average Bonchev–Trinajstić information content (AvgIpc) is 2.93. The van der Waals surface area contributed by atoms with Crippen LogP contribution in [0.15, 0.2) is 0 Å². The maximum Gasteiger partial charge on any atom is 0.411 e. The first-order chi connectivity index (χ1) is 16.0.